The first-order valence-electron chi connectivity index (χ1n) is 10.5. The summed E-state index contributed by atoms with van der Waals surface area (Å²) in [6.45, 7) is 9.94. The molecule has 3 rings (SSSR count). The van der Waals surface area contributed by atoms with Gasteiger partial charge < -0.3 is 14.8 Å². The van der Waals surface area contributed by atoms with Crippen LogP contribution in [0, 0.1) is 0 Å². The second-order valence-corrected chi connectivity index (χ2v) is 7.97. The van der Waals surface area contributed by atoms with E-state index in [4.69, 9.17) is 9.47 Å². The summed E-state index contributed by atoms with van der Waals surface area (Å²) < 4.78 is 13.0. The van der Waals surface area contributed by atoms with Crippen LogP contribution in [0.1, 0.15) is 68.2 Å². The Labute approximate surface area is 183 Å². The molecule has 0 radical (unpaired) electrons. The van der Waals surface area contributed by atoms with E-state index in [0.29, 0.717) is 22.9 Å². The summed E-state index contributed by atoms with van der Waals surface area (Å²) in [5.41, 5.74) is 2.28. The Bertz CT molecular complexity index is 1030. The molecule has 3 aromatic rings. The number of nitrogens with one attached hydrogen (secondary N) is 1. The Morgan fingerprint density at radius 3 is 2.45 bits per heavy atom. The number of methoxy groups -OCH3 is 1. The molecule has 0 spiro atoms. The quantitative estimate of drug-likeness (QED) is 0.570. The molecular weight excluding hydrogens is 392 g/mol. The molecule has 1 N–H and O–H groups in total. The van der Waals surface area contributed by atoms with Gasteiger partial charge in [-0.3, -0.25) is 4.79 Å². The molecule has 7 nitrogen and oxygen atoms in total. The normalized spacial score (nSPS) is 12.1. The highest BCUT2D eigenvalue weighted by molar-refractivity contribution is 5.95. The zero-order valence-electron chi connectivity index (χ0n) is 18.9. The molecule has 0 saturated carbocycles. The van der Waals surface area contributed by atoms with Gasteiger partial charge in [-0.15, -0.1) is 0 Å². The van der Waals surface area contributed by atoms with Gasteiger partial charge in [-0.05, 0) is 56.5 Å². The minimum absolute atomic E-state index is 0.0435. The van der Waals surface area contributed by atoms with Crippen molar-refractivity contribution in [3.05, 3.63) is 65.6 Å². The minimum Gasteiger partial charge on any atom is -0.493 e. The first-order valence-corrected chi connectivity index (χ1v) is 10.5. The predicted molar refractivity (Wildman–Crippen MR) is 120 cm³/mol. The maximum atomic E-state index is 13.1. The van der Waals surface area contributed by atoms with Gasteiger partial charge in [-0.2, -0.15) is 5.10 Å². The van der Waals surface area contributed by atoms with E-state index < -0.39 is 0 Å². The molecule has 1 atom stereocenters. The number of benzene rings is 1. The number of pyridine rings is 1. The molecule has 2 heterocycles. The lowest BCUT2D eigenvalue weighted by atomic mass is 10.0. The van der Waals surface area contributed by atoms with Crippen LogP contribution in [0.15, 0.2) is 48.8 Å². The van der Waals surface area contributed by atoms with Crippen LogP contribution in [0.4, 0.5) is 0 Å². The van der Waals surface area contributed by atoms with Crippen molar-refractivity contribution in [2.24, 2.45) is 0 Å². The fourth-order valence-electron chi connectivity index (χ4n) is 3.41. The highest BCUT2D eigenvalue weighted by atomic mass is 16.5. The van der Waals surface area contributed by atoms with Crippen LogP contribution in [0.3, 0.4) is 0 Å². The van der Waals surface area contributed by atoms with E-state index in [2.05, 4.69) is 15.4 Å². The third kappa shape index (κ3) is 5.05. The number of aromatic nitrogens is 3. The number of carbonyl (C=O) groups excluding carboxylic acids is 1. The highest BCUT2D eigenvalue weighted by Gasteiger charge is 2.23. The van der Waals surface area contributed by atoms with Crippen LogP contribution in [0.5, 0.6) is 11.5 Å². The molecular formula is C24H30N4O3. The Hall–Kier alpha value is -3.35. The Kier molecular flexibility index (Phi) is 6.95. The molecule has 0 aliphatic carbocycles. The molecule has 0 saturated heterocycles. The van der Waals surface area contributed by atoms with Crippen LogP contribution < -0.4 is 14.8 Å². The van der Waals surface area contributed by atoms with Gasteiger partial charge in [0.25, 0.3) is 5.91 Å². The van der Waals surface area contributed by atoms with Gasteiger partial charge in [0, 0.05) is 6.20 Å². The van der Waals surface area contributed by atoms with Gasteiger partial charge in [0.15, 0.2) is 17.3 Å². The monoisotopic (exact) mass is 422 g/mol. The van der Waals surface area contributed by atoms with E-state index in [1.165, 1.54) is 0 Å². The Morgan fingerprint density at radius 2 is 1.84 bits per heavy atom. The molecule has 1 amide bonds. The average molecular weight is 423 g/mol. The number of carbonyl (C=O) groups is 1. The van der Waals surface area contributed by atoms with E-state index in [0.717, 1.165) is 11.3 Å². The summed E-state index contributed by atoms with van der Waals surface area (Å²) in [6.07, 6.45) is 3.36. The van der Waals surface area contributed by atoms with Crippen molar-refractivity contribution in [3.63, 3.8) is 0 Å². The van der Waals surface area contributed by atoms with Crippen molar-refractivity contribution in [1.82, 2.24) is 20.1 Å². The SMILES string of the molecule is COc1cc(C(C)NC(=O)c2cnn(-c3ccccn3)c2C(C)C)ccc1OC(C)C. The summed E-state index contributed by atoms with van der Waals surface area (Å²) in [5, 5.41) is 7.51. The van der Waals surface area contributed by atoms with E-state index >= 15 is 0 Å². The second-order valence-electron chi connectivity index (χ2n) is 7.97. The lowest BCUT2D eigenvalue weighted by Crippen LogP contribution is -2.27. The van der Waals surface area contributed by atoms with Crippen LogP contribution >= 0.6 is 0 Å². The molecule has 0 aliphatic rings. The van der Waals surface area contributed by atoms with Crippen LogP contribution in [0.25, 0.3) is 5.82 Å². The topological polar surface area (TPSA) is 78.3 Å². The van der Waals surface area contributed by atoms with Gasteiger partial charge in [-0.25, -0.2) is 9.67 Å². The van der Waals surface area contributed by atoms with Crippen molar-refractivity contribution >= 4 is 5.91 Å². The molecule has 31 heavy (non-hydrogen) atoms. The molecule has 1 aromatic carbocycles. The van der Waals surface area contributed by atoms with Crippen molar-refractivity contribution in [2.45, 2.75) is 52.7 Å². The van der Waals surface area contributed by atoms with Crippen molar-refractivity contribution < 1.29 is 14.3 Å². The van der Waals surface area contributed by atoms with Crippen LogP contribution in [-0.2, 0) is 0 Å². The van der Waals surface area contributed by atoms with Gasteiger partial charge in [0.1, 0.15) is 0 Å². The fraction of sp³-hybridized carbons (Fsp3) is 0.375. The van der Waals surface area contributed by atoms with E-state index in [-0.39, 0.29) is 24.0 Å². The number of nitrogens with zero attached hydrogens (tertiary/aromatic N) is 3. The standard InChI is InChI=1S/C24H30N4O3/c1-15(2)23-19(14-26-28(23)22-9-7-8-12-25-22)24(29)27-17(5)18-10-11-20(31-16(3)4)21(13-18)30-6/h7-17H,1-6H3,(H,27,29). The van der Waals surface area contributed by atoms with Gasteiger partial charge in [0.05, 0.1) is 36.7 Å². The summed E-state index contributed by atoms with van der Waals surface area (Å²) in [4.78, 5) is 17.5. The van der Waals surface area contributed by atoms with Gasteiger partial charge in [-0.1, -0.05) is 26.0 Å². The lowest BCUT2D eigenvalue weighted by Gasteiger charge is -2.19. The zero-order chi connectivity index (χ0) is 22.5. The van der Waals surface area contributed by atoms with E-state index in [9.17, 15) is 4.79 Å². The molecule has 7 heteroatoms. The first kappa shape index (κ1) is 22.3. The molecule has 1 unspecified atom stereocenters. The van der Waals surface area contributed by atoms with Crippen molar-refractivity contribution in [3.8, 4) is 17.3 Å². The first-order chi connectivity index (χ1) is 14.8. The maximum absolute atomic E-state index is 13.1. The summed E-state index contributed by atoms with van der Waals surface area (Å²) in [6, 6.07) is 11.1. The number of ether oxygens (including phenoxy) is 2. The number of amides is 1. The average Bonchev–Trinajstić information content (AvgIpc) is 3.20. The lowest BCUT2D eigenvalue weighted by molar-refractivity contribution is 0.0938. The van der Waals surface area contributed by atoms with Gasteiger partial charge in [0.2, 0.25) is 0 Å². The fourth-order valence-corrected chi connectivity index (χ4v) is 3.41. The third-order valence-corrected chi connectivity index (χ3v) is 4.86. The number of rotatable bonds is 8. The third-order valence-electron chi connectivity index (χ3n) is 4.86. The number of hydrogen-bond acceptors (Lipinski definition) is 5. The summed E-state index contributed by atoms with van der Waals surface area (Å²) in [7, 11) is 1.61. The van der Waals surface area contributed by atoms with Crippen LogP contribution in [-0.4, -0.2) is 33.9 Å². The smallest absolute Gasteiger partial charge is 0.255 e. The molecule has 0 bridgehead atoms. The van der Waals surface area contributed by atoms with Crippen molar-refractivity contribution in [2.75, 3.05) is 7.11 Å². The number of hydrogen-bond donors (Lipinski definition) is 1. The minimum atomic E-state index is -0.229. The van der Waals surface area contributed by atoms with Crippen molar-refractivity contribution in [1.29, 1.82) is 0 Å². The Morgan fingerprint density at radius 1 is 1.06 bits per heavy atom. The molecule has 164 valence electrons. The molecule has 0 aliphatic heterocycles. The summed E-state index contributed by atoms with van der Waals surface area (Å²) >= 11 is 0. The Balaban J connectivity index is 1.84. The molecule has 2 aromatic heterocycles. The van der Waals surface area contributed by atoms with Gasteiger partial charge >= 0.3 is 0 Å². The van der Waals surface area contributed by atoms with E-state index in [1.807, 2.05) is 71.0 Å². The summed E-state index contributed by atoms with van der Waals surface area (Å²) in [5.74, 6) is 1.91. The van der Waals surface area contributed by atoms with Crippen LogP contribution in [0.2, 0.25) is 0 Å². The second kappa shape index (κ2) is 9.64. The highest BCUT2D eigenvalue weighted by Crippen LogP contribution is 2.31. The predicted octanol–water partition coefficient (Wildman–Crippen LogP) is 4.68. The zero-order valence-corrected chi connectivity index (χ0v) is 18.9. The largest absolute Gasteiger partial charge is 0.493 e. The molecule has 0 fully saturated rings. The maximum Gasteiger partial charge on any atom is 0.255 e. The van der Waals surface area contributed by atoms with E-state index in [1.54, 1.807) is 24.2 Å².